The Balaban J connectivity index is 1.39. The highest BCUT2D eigenvalue weighted by molar-refractivity contribution is 7.99. The molecule has 0 radical (unpaired) electrons. The van der Waals surface area contributed by atoms with E-state index in [1.54, 1.807) is 18.9 Å². The van der Waals surface area contributed by atoms with Crippen LogP contribution in [-0.4, -0.2) is 54.5 Å². The lowest BCUT2D eigenvalue weighted by Crippen LogP contribution is -2.63. The maximum atomic E-state index is 11.6. The van der Waals surface area contributed by atoms with Crippen LogP contribution in [0.15, 0.2) is 65.6 Å². The van der Waals surface area contributed by atoms with Crippen molar-refractivity contribution in [2.75, 3.05) is 13.7 Å². The Bertz CT molecular complexity index is 875. The van der Waals surface area contributed by atoms with Gasteiger partial charge < -0.3 is 28.8 Å². The molecule has 2 aromatic rings. The Morgan fingerprint density at radius 2 is 1.64 bits per heavy atom. The number of rotatable bonds is 6. The summed E-state index contributed by atoms with van der Waals surface area (Å²) in [6.07, 6.45) is 1.89. The van der Waals surface area contributed by atoms with Gasteiger partial charge in [-0.1, -0.05) is 66.7 Å². The van der Waals surface area contributed by atoms with Crippen LogP contribution in [0.25, 0.3) is 0 Å². The Morgan fingerprint density at radius 3 is 2.33 bits per heavy atom. The summed E-state index contributed by atoms with van der Waals surface area (Å²) in [4.78, 5) is 1.05. The highest BCUT2D eigenvalue weighted by atomic mass is 32.2. The summed E-state index contributed by atoms with van der Waals surface area (Å²) >= 11 is 1.55. The maximum absolute atomic E-state index is 11.6. The van der Waals surface area contributed by atoms with Crippen molar-refractivity contribution in [3.8, 4) is 0 Å². The zero-order chi connectivity index (χ0) is 22.7. The molecule has 3 aliphatic rings. The maximum Gasteiger partial charge on any atom is 0.184 e. The molecule has 0 amide bonds. The lowest BCUT2D eigenvalue weighted by Gasteiger charge is -2.50. The molecule has 6 atom stereocenters. The number of thioether (sulfide) groups is 1. The molecule has 7 heteroatoms. The van der Waals surface area contributed by atoms with Crippen LogP contribution in [-0.2, 0) is 23.7 Å². The third-order valence-electron chi connectivity index (χ3n) is 6.71. The van der Waals surface area contributed by atoms with Crippen molar-refractivity contribution in [3.63, 3.8) is 0 Å². The summed E-state index contributed by atoms with van der Waals surface area (Å²) in [5.74, 6) is -0.709. The quantitative estimate of drug-likeness (QED) is 0.613. The minimum Gasteiger partial charge on any atom is -0.387 e. The lowest BCUT2D eigenvalue weighted by atomic mass is 9.92. The van der Waals surface area contributed by atoms with Gasteiger partial charge in [0.1, 0.15) is 29.9 Å². The van der Waals surface area contributed by atoms with Crippen molar-refractivity contribution >= 4 is 11.8 Å². The van der Waals surface area contributed by atoms with Crippen LogP contribution in [0.2, 0.25) is 0 Å². The second kappa shape index (κ2) is 10.4. The van der Waals surface area contributed by atoms with E-state index >= 15 is 0 Å². The molecule has 0 spiro atoms. The van der Waals surface area contributed by atoms with Gasteiger partial charge in [-0.25, -0.2) is 0 Å². The van der Waals surface area contributed by atoms with Gasteiger partial charge in [0.05, 0.1) is 6.61 Å². The van der Waals surface area contributed by atoms with E-state index in [-0.39, 0.29) is 6.10 Å². The standard InChI is InChI=1S/C26H32O6S/c1-28-26(15-9-4-10-16-26)32-23-21(27)22-20(30-25(23)33-19-13-7-3-8-14-19)17-29-24(31-22)18-11-5-2-6-12-18/h2-3,5-8,11-14,20-25,27H,4,9-10,15-17H2,1H3/t20-,21+,22+,23-,24?,25+/m1/s1. The fourth-order valence-electron chi connectivity index (χ4n) is 4.91. The highest BCUT2D eigenvalue weighted by Gasteiger charge is 2.52. The van der Waals surface area contributed by atoms with E-state index < -0.39 is 35.8 Å². The molecule has 0 aromatic heterocycles. The van der Waals surface area contributed by atoms with Crippen LogP contribution >= 0.6 is 11.8 Å². The zero-order valence-corrected chi connectivity index (χ0v) is 19.7. The largest absolute Gasteiger partial charge is 0.387 e. The molecule has 2 aliphatic heterocycles. The van der Waals surface area contributed by atoms with E-state index in [1.165, 1.54) is 6.42 Å². The molecule has 0 bridgehead atoms. The number of benzene rings is 2. The number of fused-ring (bicyclic) bond motifs is 1. The highest BCUT2D eigenvalue weighted by Crippen LogP contribution is 2.43. The Morgan fingerprint density at radius 1 is 0.939 bits per heavy atom. The average Bonchev–Trinajstić information content (AvgIpc) is 2.88. The van der Waals surface area contributed by atoms with Gasteiger partial charge in [0.2, 0.25) is 0 Å². The number of aliphatic hydroxyl groups is 1. The number of methoxy groups -OCH3 is 1. The Hall–Kier alpha value is -1.45. The third kappa shape index (κ3) is 5.15. The first-order valence-corrected chi connectivity index (χ1v) is 12.7. The van der Waals surface area contributed by atoms with Crippen molar-refractivity contribution in [1.82, 2.24) is 0 Å². The summed E-state index contributed by atoms with van der Waals surface area (Å²) in [6, 6.07) is 19.8. The number of ether oxygens (including phenoxy) is 5. The molecular weight excluding hydrogens is 440 g/mol. The van der Waals surface area contributed by atoms with Gasteiger partial charge in [-0.3, -0.25) is 0 Å². The molecule has 2 saturated heterocycles. The van der Waals surface area contributed by atoms with Gasteiger partial charge in [0.25, 0.3) is 0 Å². The van der Waals surface area contributed by atoms with Crippen LogP contribution in [0.5, 0.6) is 0 Å². The van der Waals surface area contributed by atoms with E-state index in [9.17, 15) is 5.11 Å². The summed E-state index contributed by atoms with van der Waals surface area (Å²) in [5.41, 5.74) is 0.500. The minimum atomic E-state index is -0.881. The fourth-order valence-corrected chi connectivity index (χ4v) is 6.04. The van der Waals surface area contributed by atoms with Gasteiger partial charge in [-0.2, -0.15) is 0 Å². The molecule has 1 N–H and O–H groups in total. The Kier molecular flexibility index (Phi) is 7.37. The van der Waals surface area contributed by atoms with Crippen molar-refractivity contribution in [1.29, 1.82) is 0 Å². The van der Waals surface area contributed by atoms with Crippen molar-refractivity contribution in [2.24, 2.45) is 0 Å². The first-order chi connectivity index (χ1) is 16.2. The predicted octanol–water partition coefficient (Wildman–Crippen LogP) is 4.67. The van der Waals surface area contributed by atoms with Crippen LogP contribution < -0.4 is 0 Å². The summed E-state index contributed by atoms with van der Waals surface area (Å²) in [7, 11) is 1.69. The van der Waals surface area contributed by atoms with Gasteiger partial charge in [0, 0.05) is 30.4 Å². The zero-order valence-electron chi connectivity index (χ0n) is 18.9. The molecule has 2 aromatic carbocycles. The van der Waals surface area contributed by atoms with Gasteiger partial charge in [-0.15, -0.1) is 0 Å². The smallest absolute Gasteiger partial charge is 0.184 e. The average molecular weight is 473 g/mol. The van der Waals surface area contributed by atoms with Crippen LogP contribution in [0.4, 0.5) is 0 Å². The summed E-state index contributed by atoms with van der Waals surface area (Å²) < 4.78 is 31.2. The molecule has 5 rings (SSSR count). The summed E-state index contributed by atoms with van der Waals surface area (Å²) in [6.45, 7) is 0.343. The topological polar surface area (TPSA) is 66.4 Å². The first kappa shape index (κ1) is 23.3. The third-order valence-corrected chi connectivity index (χ3v) is 7.87. The molecule has 2 heterocycles. The molecular formula is C26H32O6S. The van der Waals surface area contributed by atoms with Crippen molar-refractivity contribution in [2.45, 2.75) is 78.9 Å². The predicted molar refractivity (Wildman–Crippen MR) is 125 cm³/mol. The van der Waals surface area contributed by atoms with E-state index in [0.717, 1.165) is 36.1 Å². The second-order valence-electron chi connectivity index (χ2n) is 8.90. The number of hydrogen-bond acceptors (Lipinski definition) is 7. The van der Waals surface area contributed by atoms with Gasteiger partial charge in [0.15, 0.2) is 12.1 Å². The van der Waals surface area contributed by atoms with Crippen LogP contribution in [0.1, 0.15) is 44.0 Å². The van der Waals surface area contributed by atoms with Gasteiger partial charge >= 0.3 is 0 Å². The minimum absolute atomic E-state index is 0.343. The molecule has 6 nitrogen and oxygen atoms in total. The molecule has 1 saturated carbocycles. The molecule has 3 fully saturated rings. The van der Waals surface area contributed by atoms with E-state index in [2.05, 4.69) is 0 Å². The fraction of sp³-hybridized carbons (Fsp3) is 0.538. The van der Waals surface area contributed by atoms with Crippen LogP contribution in [0, 0.1) is 0 Å². The summed E-state index contributed by atoms with van der Waals surface area (Å²) in [5, 5.41) is 11.6. The van der Waals surface area contributed by atoms with Crippen LogP contribution in [0.3, 0.4) is 0 Å². The lowest BCUT2D eigenvalue weighted by molar-refractivity contribution is -0.351. The van der Waals surface area contributed by atoms with Crippen molar-refractivity contribution < 1.29 is 28.8 Å². The van der Waals surface area contributed by atoms with Crippen molar-refractivity contribution in [3.05, 3.63) is 66.2 Å². The monoisotopic (exact) mass is 472 g/mol. The van der Waals surface area contributed by atoms with E-state index in [1.807, 2.05) is 60.7 Å². The number of hydrogen-bond donors (Lipinski definition) is 1. The second-order valence-corrected chi connectivity index (χ2v) is 10.1. The molecule has 33 heavy (non-hydrogen) atoms. The normalized spacial score (nSPS) is 33.9. The Labute approximate surface area is 199 Å². The van der Waals surface area contributed by atoms with E-state index in [0.29, 0.717) is 6.61 Å². The molecule has 1 aliphatic carbocycles. The molecule has 178 valence electrons. The number of aliphatic hydroxyl groups excluding tert-OH is 1. The van der Waals surface area contributed by atoms with E-state index in [4.69, 9.17) is 23.7 Å². The SMILES string of the molecule is COC1(O[C@@H]2[C@@H](O)[C@H]3OC(c4ccccc4)OC[C@H]3O[C@H]2Sc2ccccc2)CCCCC1. The van der Waals surface area contributed by atoms with Gasteiger partial charge in [-0.05, 0) is 25.0 Å². The molecule has 1 unspecified atom stereocenters. The first-order valence-electron chi connectivity index (χ1n) is 11.8.